The van der Waals surface area contributed by atoms with Gasteiger partial charge in [0.1, 0.15) is 0 Å². The molecule has 80 valence electrons. The van der Waals surface area contributed by atoms with Crippen molar-refractivity contribution in [2.45, 2.75) is 32.6 Å². The van der Waals surface area contributed by atoms with Crippen LogP contribution in [-0.4, -0.2) is 9.78 Å². The van der Waals surface area contributed by atoms with Crippen LogP contribution in [-0.2, 0) is 7.05 Å². The van der Waals surface area contributed by atoms with E-state index in [1.165, 1.54) is 29.4 Å². The van der Waals surface area contributed by atoms with E-state index in [-0.39, 0.29) is 0 Å². The Hall–Kier alpha value is -1.31. The summed E-state index contributed by atoms with van der Waals surface area (Å²) in [4.78, 5) is 0. The van der Waals surface area contributed by atoms with Gasteiger partial charge in [-0.1, -0.05) is 38.5 Å². The summed E-state index contributed by atoms with van der Waals surface area (Å²) >= 11 is 0. The second kappa shape index (κ2) is 4.05. The van der Waals surface area contributed by atoms with Crippen LogP contribution in [0.5, 0.6) is 0 Å². The van der Waals surface area contributed by atoms with Crippen LogP contribution in [0.15, 0.2) is 24.3 Å². The fraction of sp³-hybridized carbons (Fsp3) is 0.462. The largest absolute Gasteiger partial charge is 0.268 e. The van der Waals surface area contributed by atoms with Crippen LogP contribution < -0.4 is 0 Å². The predicted molar refractivity (Wildman–Crippen MR) is 64.0 cm³/mol. The third-order valence-electron chi connectivity index (χ3n) is 2.97. The summed E-state index contributed by atoms with van der Waals surface area (Å²) in [7, 11) is 2.02. The highest BCUT2D eigenvalue weighted by molar-refractivity contribution is 5.82. The van der Waals surface area contributed by atoms with Gasteiger partial charge >= 0.3 is 0 Å². The van der Waals surface area contributed by atoms with Gasteiger partial charge in [0.15, 0.2) is 0 Å². The Morgan fingerprint density at radius 3 is 2.80 bits per heavy atom. The molecule has 2 nitrogen and oxygen atoms in total. The molecule has 1 unspecified atom stereocenters. The molecule has 0 N–H and O–H groups in total. The zero-order chi connectivity index (χ0) is 10.8. The monoisotopic (exact) mass is 202 g/mol. The average molecular weight is 202 g/mol. The summed E-state index contributed by atoms with van der Waals surface area (Å²) in [5.74, 6) is 0.557. The Balaban J connectivity index is 2.52. The van der Waals surface area contributed by atoms with Crippen LogP contribution in [0.1, 0.15) is 38.3 Å². The number of nitrogens with zero attached hydrogens (tertiary/aromatic N) is 2. The number of fused-ring (bicyclic) bond motifs is 1. The van der Waals surface area contributed by atoms with E-state index in [0.29, 0.717) is 5.92 Å². The molecule has 15 heavy (non-hydrogen) atoms. The standard InChI is InChI=1S/C13H18N2/c1-4-7-10(2)13-11-8-5-6-9-12(11)15(3)14-13/h5-6,8-10H,4,7H2,1-3H3. The lowest BCUT2D eigenvalue weighted by Crippen LogP contribution is -1.96. The van der Waals surface area contributed by atoms with Gasteiger partial charge in [-0.15, -0.1) is 0 Å². The first kappa shape index (κ1) is 10.2. The zero-order valence-corrected chi connectivity index (χ0v) is 9.70. The molecule has 2 aromatic rings. The highest BCUT2D eigenvalue weighted by Gasteiger charge is 2.13. The minimum Gasteiger partial charge on any atom is -0.268 e. The van der Waals surface area contributed by atoms with Gasteiger partial charge in [0, 0.05) is 18.4 Å². The summed E-state index contributed by atoms with van der Waals surface area (Å²) in [6.07, 6.45) is 2.42. The van der Waals surface area contributed by atoms with Crippen LogP contribution in [0.2, 0.25) is 0 Å². The first-order chi connectivity index (χ1) is 7.24. The molecule has 0 aliphatic heterocycles. The van der Waals surface area contributed by atoms with Crippen molar-refractivity contribution in [2.24, 2.45) is 7.05 Å². The number of hydrogen-bond donors (Lipinski definition) is 0. The van der Waals surface area contributed by atoms with E-state index in [4.69, 9.17) is 0 Å². The molecule has 0 saturated carbocycles. The number of benzene rings is 1. The van der Waals surface area contributed by atoms with Gasteiger partial charge < -0.3 is 0 Å². The Morgan fingerprint density at radius 1 is 1.33 bits per heavy atom. The minimum absolute atomic E-state index is 0.557. The number of aromatic nitrogens is 2. The maximum absolute atomic E-state index is 4.62. The van der Waals surface area contributed by atoms with E-state index in [1.807, 2.05) is 11.7 Å². The lowest BCUT2D eigenvalue weighted by atomic mass is 9.99. The van der Waals surface area contributed by atoms with E-state index in [2.05, 4.69) is 43.2 Å². The van der Waals surface area contributed by atoms with Gasteiger partial charge in [0.05, 0.1) is 11.2 Å². The predicted octanol–water partition coefficient (Wildman–Crippen LogP) is 3.48. The third-order valence-corrected chi connectivity index (χ3v) is 2.97. The lowest BCUT2D eigenvalue weighted by Gasteiger charge is -2.06. The molecule has 1 aromatic heterocycles. The first-order valence-electron chi connectivity index (χ1n) is 5.65. The van der Waals surface area contributed by atoms with Crippen molar-refractivity contribution in [3.63, 3.8) is 0 Å². The number of rotatable bonds is 3. The van der Waals surface area contributed by atoms with Crippen LogP contribution in [0.3, 0.4) is 0 Å². The summed E-state index contributed by atoms with van der Waals surface area (Å²) in [6, 6.07) is 8.46. The van der Waals surface area contributed by atoms with Gasteiger partial charge in [-0.3, -0.25) is 4.68 Å². The smallest absolute Gasteiger partial charge is 0.0731 e. The Bertz CT molecular complexity index is 457. The van der Waals surface area contributed by atoms with Crippen molar-refractivity contribution < 1.29 is 0 Å². The maximum atomic E-state index is 4.62. The summed E-state index contributed by atoms with van der Waals surface area (Å²) in [5.41, 5.74) is 2.48. The molecular formula is C13H18N2. The Morgan fingerprint density at radius 2 is 2.07 bits per heavy atom. The summed E-state index contributed by atoms with van der Waals surface area (Å²) in [5, 5.41) is 5.93. The van der Waals surface area contributed by atoms with E-state index in [9.17, 15) is 0 Å². The van der Waals surface area contributed by atoms with E-state index in [0.717, 1.165) is 0 Å². The van der Waals surface area contributed by atoms with Gasteiger partial charge in [-0.25, -0.2) is 0 Å². The van der Waals surface area contributed by atoms with Crippen LogP contribution in [0.4, 0.5) is 0 Å². The van der Waals surface area contributed by atoms with E-state index >= 15 is 0 Å². The molecule has 1 atom stereocenters. The minimum atomic E-state index is 0.557. The Labute approximate surface area is 90.9 Å². The molecule has 0 radical (unpaired) electrons. The molecule has 0 fully saturated rings. The fourth-order valence-electron chi connectivity index (χ4n) is 2.18. The molecule has 1 heterocycles. The molecule has 0 bridgehead atoms. The molecule has 0 saturated heterocycles. The van der Waals surface area contributed by atoms with Crippen molar-refractivity contribution in [1.82, 2.24) is 9.78 Å². The molecule has 0 spiro atoms. The normalized spacial score (nSPS) is 13.3. The van der Waals surface area contributed by atoms with Crippen LogP contribution in [0.25, 0.3) is 10.9 Å². The van der Waals surface area contributed by atoms with Gasteiger partial charge in [0.25, 0.3) is 0 Å². The van der Waals surface area contributed by atoms with E-state index in [1.54, 1.807) is 0 Å². The number of para-hydroxylation sites is 1. The third kappa shape index (κ3) is 1.76. The molecule has 1 aromatic carbocycles. The molecule has 2 rings (SSSR count). The Kier molecular flexibility index (Phi) is 2.76. The molecular weight excluding hydrogens is 184 g/mol. The number of aryl methyl sites for hydroxylation is 1. The highest BCUT2D eigenvalue weighted by atomic mass is 15.3. The average Bonchev–Trinajstić information content (AvgIpc) is 2.58. The second-order valence-corrected chi connectivity index (χ2v) is 4.22. The van der Waals surface area contributed by atoms with Crippen molar-refractivity contribution in [3.05, 3.63) is 30.0 Å². The van der Waals surface area contributed by atoms with Crippen LogP contribution >= 0.6 is 0 Å². The lowest BCUT2D eigenvalue weighted by molar-refractivity contribution is 0.631. The van der Waals surface area contributed by atoms with Crippen molar-refractivity contribution in [1.29, 1.82) is 0 Å². The van der Waals surface area contributed by atoms with Gasteiger partial charge in [-0.05, 0) is 12.5 Å². The highest BCUT2D eigenvalue weighted by Crippen LogP contribution is 2.26. The molecule has 0 amide bonds. The second-order valence-electron chi connectivity index (χ2n) is 4.22. The maximum Gasteiger partial charge on any atom is 0.0731 e. The summed E-state index contributed by atoms with van der Waals surface area (Å²) in [6.45, 7) is 4.49. The van der Waals surface area contributed by atoms with E-state index < -0.39 is 0 Å². The fourth-order valence-corrected chi connectivity index (χ4v) is 2.18. The molecule has 0 aliphatic carbocycles. The van der Waals surface area contributed by atoms with Crippen LogP contribution in [0, 0.1) is 0 Å². The molecule has 0 aliphatic rings. The number of hydrogen-bond acceptors (Lipinski definition) is 1. The van der Waals surface area contributed by atoms with Crippen molar-refractivity contribution in [3.8, 4) is 0 Å². The van der Waals surface area contributed by atoms with Crippen molar-refractivity contribution >= 4 is 10.9 Å². The molecule has 2 heteroatoms. The summed E-state index contributed by atoms with van der Waals surface area (Å²) < 4.78 is 1.98. The zero-order valence-electron chi connectivity index (χ0n) is 9.70. The SMILES string of the molecule is CCCC(C)c1nn(C)c2ccccc12. The van der Waals surface area contributed by atoms with Gasteiger partial charge in [-0.2, -0.15) is 5.10 Å². The quantitative estimate of drug-likeness (QED) is 0.745. The topological polar surface area (TPSA) is 17.8 Å². The van der Waals surface area contributed by atoms with Crippen molar-refractivity contribution in [2.75, 3.05) is 0 Å². The first-order valence-corrected chi connectivity index (χ1v) is 5.65. The van der Waals surface area contributed by atoms with Gasteiger partial charge in [0.2, 0.25) is 0 Å².